The molecule has 2 aliphatic rings. The molecule has 2 atom stereocenters. The molecule has 6 N–H and O–H groups in total. The number of rotatable bonds is 1. The van der Waals surface area contributed by atoms with Crippen molar-refractivity contribution in [2.45, 2.75) is 46.1 Å². The van der Waals surface area contributed by atoms with E-state index in [9.17, 15) is 0 Å². The van der Waals surface area contributed by atoms with Gasteiger partial charge in [0.2, 0.25) is 0 Å². The van der Waals surface area contributed by atoms with E-state index in [1.54, 1.807) is 0 Å². The van der Waals surface area contributed by atoms with E-state index < -0.39 is 0 Å². The Kier molecular flexibility index (Phi) is 6.05. The van der Waals surface area contributed by atoms with Gasteiger partial charge in [0.25, 0.3) is 0 Å². The third kappa shape index (κ3) is 5.65. The second-order valence-corrected chi connectivity index (χ2v) is 7.02. The standard InChI is InChI=1S/C10H22N2.C4H10N2/c1-9(2)4-8(12)5-10(3,6-9)7-11;1-2-6-4-3-5-1/h8H,4-7,11-12H2,1-3H3;5-6H,1-4H2. The summed E-state index contributed by atoms with van der Waals surface area (Å²) in [5, 5.41) is 6.44. The van der Waals surface area contributed by atoms with Gasteiger partial charge in [-0.2, -0.15) is 0 Å². The lowest BCUT2D eigenvalue weighted by molar-refractivity contribution is 0.0904. The molecule has 0 aromatic heterocycles. The van der Waals surface area contributed by atoms with Crippen LogP contribution in [0.4, 0.5) is 0 Å². The maximum Gasteiger partial charge on any atom is 0.00772 e. The molecular weight excluding hydrogens is 224 g/mol. The molecule has 0 bridgehead atoms. The van der Waals surface area contributed by atoms with Crippen molar-refractivity contribution in [1.82, 2.24) is 10.6 Å². The quantitative estimate of drug-likeness (QED) is 0.556. The number of hydrogen-bond acceptors (Lipinski definition) is 4. The summed E-state index contributed by atoms with van der Waals surface area (Å²) in [6.07, 6.45) is 3.44. The molecule has 1 saturated carbocycles. The Labute approximate surface area is 112 Å². The lowest BCUT2D eigenvalue weighted by atomic mass is 9.63. The Bertz CT molecular complexity index is 226. The van der Waals surface area contributed by atoms with Crippen molar-refractivity contribution in [1.29, 1.82) is 0 Å². The van der Waals surface area contributed by atoms with Gasteiger partial charge in [-0.25, -0.2) is 0 Å². The number of hydrogen-bond donors (Lipinski definition) is 4. The van der Waals surface area contributed by atoms with Gasteiger partial charge in [-0.05, 0) is 36.6 Å². The highest BCUT2D eigenvalue weighted by Crippen LogP contribution is 2.44. The minimum Gasteiger partial charge on any atom is -0.330 e. The number of piperazine rings is 1. The van der Waals surface area contributed by atoms with E-state index in [1.807, 2.05) is 0 Å². The van der Waals surface area contributed by atoms with Gasteiger partial charge in [0, 0.05) is 32.2 Å². The summed E-state index contributed by atoms with van der Waals surface area (Å²) in [5.41, 5.74) is 12.4. The zero-order chi connectivity index (χ0) is 13.6. The average molecular weight is 256 g/mol. The molecule has 0 spiro atoms. The molecule has 1 heterocycles. The monoisotopic (exact) mass is 256 g/mol. The van der Waals surface area contributed by atoms with Crippen molar-refractivity contribution >= 4 is 0 Å². The van der Waals surface area contributed by atoms with Gasteiger partial charge in [-0.15, -0.1) is 0 Å². The highest BCUT2D eigenvalue weighted by Gasteiger charge is 2.38. The predicted molar refractivity (Wildman–Crippen MR) is 78.5 cm³/mol. The fraction of sp³-hybridized carbons (Fsp3) is 1.00. The van der Waals surface area contributed by atoms with Crippen LogP contribution in [0, 0.1) is 10.8 Å². The first-order chi connectivity index (χ1) is 8.37. The normalized spacial score (nSPS) is 35.5. The zero-order valence-corrected chi connectivity index (χ0v) is 12.4. The van der Waals surface area contributed by atoms with Crippen LogP contribution < -0.4 is 22.1 Å². The van der Waals surface area contributed by atoms with Crippen LogP contribution in [0.5, 0.6) is 0 Å². The van der Waals surface area contributed by atoms with E-state index >= 15 is 0 Å². The van der Waals surface area contributed by atoms with Crippen LogP contribution in [-0.4, -0.2) is 38.8 Å². The second kappa shape index (κ2) is 6.85. The van der Waals surface area contributed by atoms with Gasteiger partial charge >= 0.3 is 0 Å². The summed E-state index contributed by atoms with van der Waals surface area (Å²) in [7, 11) is 0. The molecule has 4 nitrogen and oxygen atoms in total. The summed E-state index contributed by atoms with van der Waals surface area (Å²) in [6, 6.07) is 0.349. The Morgan fingerprint density at radius 3 is 1.83 bits per heavy atom. The van der Waals surface area contributed by atoms with Gasteiger partial charge in [0.15, 0.2) is 0 Å². The first kappa shape index (κ1) is 15.9. The summed E-state index contributed by atoms with van der Waals surface area (Å²) in [5.74, 6) is 0. The van der Waals surface area contributed by atoms with E-state index in [2.05, 4.69) is 31.4 Å². The smallest absolute Gasteiger partial charge is 0.00772 e. The van der Waals surface area contributed by atoms with Crippen LogP contribution in [0.3, 0.4) is 0 Å². The van der Waals surface area contributed by atoms with E-state index in [0.29, 0.717) is 11.5 Å². The average Bonchev–Trinajstić information content (AvgIpc) is 2.29. The van der Waals surface area contributed by atoms with Crippen LogP contribution in [0.1, 0.15) is 40.0 Å². The van der Waals surface area contributed by atoms with E-state index in [-0.39, 0.29) is 5.41 Å². The van der Waals surface area contributed by atoms with Crippen molar-refractivity contribution in [3.63, 3.8) is 0 Å². The highest BCUT2D eigenvalue weighted by molar-refractivity contribution is 4.93. The highest BCUT2D eigenvalue weighted by atomic mass is 15.0. The maximum absolute atomic E-state index is 6.01. The van der Waals surface area contributed by atoms with Gasteiger partial charge < -0.3 is 22.1 Å². The van der Waals surface area contributed by atoms with E-state index in [1.165, 1.54) is 6.42 Å². The fourth-order valence-corrected chi connectivity index (χ4v) is 3.47. The van der Waals surface area contributed by atoms with Crippen LogP contribution in [0.15, 0.2) is 0 Å². The molecule has 1 aliphatic carbocycles. The Hall–Kier alpha value is -0.160. The van der Waals surface area contributed by atoms with Crippen molar-refractivity contribution < 1.29 is 0 Å². The van der Waals surface area contributed by atoms with Crippen molar-refractivity contribution in [2.75, 3.05) is 32.7 Å². The van der Waals surface area contributed by atoms with Crippen LogP contribution in [0.25, 0.3) is 0 Å². The predicted octanol–water partition coefficient (Wildman–Crippen LogP) is 0.668. The number of nitrogens with two attached hydrogens (primary N) is 2. The topological polar surface area (TPSA) is 76.1 Å². The second-order valence-electron chi connectivity index (χ2n) is 7.02. The molecule has 2 unspecified atom stereocenters. The molecule has 2 fully saturated rings. The van der Waals surface area contributed by atoms with Crippen LogP contribution in [-0.2, 0) is 0 Å². The molecule has 0 aromatic carbocycles. The molecule has 0 radical (unpaired) electrons. The van der Waals surface area contributed by atoms with E-state index in [0.717, 1.165) is 45.6 Å². The van der Waals surface area contributed by atoms with Crippen molar-refractivity contribution in [3.05, 3.63) is 0 Å². The third-order valence-electron chi connectivity index (χ3n) is 3.92. The Morgan fingerprint density at radius 1 is 1.00 bits per heavy atom. The molecule has 4 heteroatoms. The molecule has 18 heavy (non-hydrogen) atoms. The Morgan fingerprint density at radius 2 is 1.50 bits per heavy atom. The van der Waals surface area contributed by atoms with E-state index in [4.69, 9.17) is 11.5 Å². The largest absolute Gasteiger partial charge is 0.330 e. The minimum atomic E-state index is 0.279. The number of nitrogens with one attached hydrogen (secondary N) is 2. The van der Waals surface area contributed by atoms with Gasteiger partial charge in [0.05, 0.1) is 0 Å². The minimum absolute atomic E-state index is 0.279. The first-order valence-corrected chi connectivity index (χ1v) is 7.24. The molecule has 1 saturated heterocycles. The van der Waals surface area contributed by atoms with Crippen LogP contribution >= 0.6 is 0 Å². The molecule has 0 amide bonds. The van der Waals surface area contributed by atoms with Crippen molar-refractivity contribution in [2.24, 2.45) is 22.3 Å². The summed E-state index contributed by atoms with van der Waals surface area (Å²) in [4.78, 5) is 0. The Balaban J connectivity index is 0.000000225. The maximum atomic E-state index is 6.01. The lowest BCUT2D eigenvalue weighted by Crippen LogP contribution is -2.45. The molecule has 2 rings (SSSR count). The fourth-order valence-electron chi connectivity index (χ4n) is 3.47. The summed E-state index contributed by atoms with van der Waals surface area (Å²) < 4.78 is 0. The SMILES string of the molecule is C1CNCCN1.CC1(C)CC(N)CC(C)(CN)C1. The lowest BCUT2D eigenvalue weighted by Gasteiger charge is -2.45. The molecular formula is C14H32N4. The first-order valence-electron chi connectivity index (χ1n) is 7.24. The zero-order valence-electron chi connectivity index (χ0n) is 12.4. The van der Waals surface area contributed by atoms with Gasteiger partial charge in [-0.3, -0.25) is 0 Å². The van der Waals surface area contributed by atoms with Crippen LogP contribution in [0.2, 0.25) is 0 Å². The molecule has 108 valence electrons. The molecule has 1 aliphatic heterocycles. The summed E-state index contributed by atoms with van der Waals surface area (Å²) in [6.45, 7) is 12.2. The van der Waals surface area contributed by atoms with Gasteiger partial charge in [0.1, 0.15) is 0 Å². The third-order valence-corrected chi connectivity index (χ3v) is 3.92. The van der Waals surface area contributed by atoms with Crippen molar-refractivity contribution in [3.8, 4) is 0 Å². The summed E-state index contributed by atoms with van der Waals surface area (Å²) >= 11 is 0. The van der Waals surface area contributed by atoms with Gasteiger partial charge in [-0.1, -0.05) is 20.8 Å². The molecule has 0 aromatic rings.